The van der Waals surface area contributed by atoms with Crippen LogP contribution in [0, 0.1) is 0 Å². The van der Waals surface area contributed by atoms with E-state index in [9.17, 15) is 9.59 Å². The molecular weight excluding hydrogens is 376 g/mol. The van der Waals surface area contributed by atoms with Crippen molar-refractivity contribution in [3.63, 3.8) is 0 Å². The summed E-state index contributed by atoms with van der Waals surface area (Å²) in [4.78, 5) is 33.6. The molecule has 5 rings (SSSR count). The van der Waals surface area contributed by atoms with Gasteiger partial charge in [0.2, 0.25) is 6.41 Å². The highest BCUT2D eigenvalue weighted by atomic mass is 32.1. The molecule has 1 aliphatic rings. The Hall–Kier alpha value is -3.26. The first-order valence-electron chi connectivity index (χ1n) is 8.91. The van der Waals surface area contributed by atoms with E-state index in [1.165, 1.54) is 23.2 Å². The summed E-state index contributed by atoms with van der Waals surface area (Å²) in [6.45, 7) is 0. The molecule has 1 N–H and O–H groups in total. The Morgan fingerprint density at radius 2 is 2.07 bits per heavy atom. The van der Waals surface area contributed by atoms with Gasteiger partial charge in [0.25, 0.3) is 5.56 Å². The van der Waals surface area contributed by atoms with Gasteiger partial charge in [0.15, 0.2) is 0 Å². The summed E-state index contributed by atoms with van der Waals surface area (Å²) in [6.07, 6.45) is 4.77. The Balaban J connectivity index is 1.87. The fourth-order valence-electron chi connectivity index (χ4n) is 3.88. The van der Waals surface area contributed by atoms with E-state index in [0.29, 0.717) is 16.6 Å². The quantitative estimate of drug-likeness (QED) is 0.540. The van der Waals surface area contributed by atoms with Gasteiger partial charge >= 0.3 is 0 Å². The van der Waals surface area contributed by atoms with Crippen molar-refractivity contribution < 1.29 is 9.53 Å². The highest BCUT2D eigenvalue weighted by Crippen LogP contribution is 2.42. The molecule has 4 aromatic rings. The second kappa shape index (κ2) is 6.42. The monoisotopic (exact) mass is 392 g/mol. The number of aryl methyl sites for hydroxylation is 1. The summed E-state index contributed by atoms with van der Waals surface area (Å²) in [7, 11) is 1.64. The number of carbonyl (C=O) groups is 1. The van der Waals surface area contributed by atoms with Crippen LogP contribution in [0.15, 0.2) is 35.4 Å². The first-order valence-corrected chi connectivity index (χ1v) is 9.73. The lowest BCUT2D eigenvalue weighted by atomic mass is 9.96. The number of aromatic nitrogens is 3. The molecule has 0 spiro atoms. The second-order valence-corrected chi connectivity index (χ2v) is 7.62. The van der Waals surface area contributed by atoms with Gasteiger partial charge in [0.05, 0.1) is 12.6 Å². The van der Waals surface area contributed by atoms with Crippen LogP contribution < -0.4 is 15.7 Å². The Kier molecular flexibility index (Phi) is 3.87. The van der Waals surface area contributed by atoms with Crippen LogP contribution in [0.2, 0.25) is 0 Å². The van der Waals surface area contributed by atoms with Crippen molar-refractivity contribution in [2.75, 3.05) is 12.5 Å². The lowest BCUT2D eigenvalue weighted by Gasteiger charge is -2.11. The van der Waals surface area contributed by atoms with Crippen molar-refractivity contribution in [3.05, 3.63) is 52.2 Å². The van der Waals surface area contributed by atoms with Gasteiger partial charge in [-0.1, -0.05) is 12.1 Å². The third kappa shape index (κ3) is 2.41. The summed E-state index contributed by atoms with van der Waals surface area (Å²) in [5.41, 5.74) is 7.15. The molecule has 0 saturated heterocycles. The summed E-state index contributed by atoms with van der Waals surface area (Å²) in [5, 5.41) is 0.904. The van der Waals surface area contributed by atoms with E-state index in [-0.39, 0.29) is 5.56 Å². The smallest absolute Gasteiger partial charge is 0.290 e. The number of nitrogens with zero attached hydrogens (tertiary/aromatic N) is 3. The SMILES string of the molecule is COc1ccc(-c2c3c(nc4sc5c(=O)n(NC=O)cnc5c24)CCC3)cc1. The van der Waals surface area contributed by atoms with E-state index in [1.54, 1.807) is 7.11 Å². The fourth-order valence-corrected chi connectivity index (χ4v) is 4.97. The van der Waals surface area contributed by atoms with Crippen molar-refractivity contribution >= 4 is 38.2 Å². The highest BCUT2D eigenvalue weighted by molar-refractivity contribution is 7.25. The molecule has 0 fully saturated rings. The zero-order valence-corrected chi connectivity index (χ0v) is 15.9. The van der Waals surface area contributed by atoms with Crippen LogP contribution in [0.4, 0.5) is 0 Å². The summed E-state index contributed by atoms with van der Waals surface area (Å²) >= 11 is 1.32. The van der Waals surface area contributed by atoms with Gasteiger partial charge in [-0.05, 0) is 48.1 Å². The number of ether oxygens (including phenoxy) is 1. The van der Waals surface area contributed by atoms with E-state index in [1.807, 2.05) is 24.3 Å². The minimum Gasteiger partial charge on any atom is -0.497 e. The summed E-state index contributed by atoms with van der Waals surface area (Å²) in [6, 6.07) is 7.94. The third-order valence-electron chi connectivity index (χ3n) is 5.13. The zero-order chi connectivity index (χ0) is 19.3. The maximum absolute atomic E-state index is 12.7. The average molecular weight is 392 g/mol. The number of amides is 1. The maximum Gasteiger partial charge on any atom is 0.290 e. The second-order valence-electron chi connectivity index (χ2n) is 6.62. The molecule has 0 unspecified atom stereocenters. The number of pyridine rings is 1. The molecule has 8 heteroatoms. The number of hydrogen-bond acceptors (Lipinski definition) is 6. The molecule has 0 radical (unpaired) electrons. The van der Waals surface area contributed by atoms with E-state index >= 15 is 0 Å². The average Bonchev–Trinajstić information content (AvgIpc) is 3.33. The molecule has 1 aliphatic carbocycles. The Morgan fingerprint density at radius 3 is 2.82 bits per heavy atom. The Morgan fingerprint density at radius 1 is 1.25 bits per heavy atom. The van der Waals surface area contributed by atoms with Crippen molar-refractivity contribution in [3.8, 4) is 16.9 Å². The predicted molar refractivity (Wildman–Crippen MR) is 109 cm³/mol. The standard InChI is InChI=1S/C20H16N4O3S/c1-27-12-7-5-11(6-8-12)15-13-3-2-4-14(13)23-19-16(15)17-18(28-19)20(26)24(9-21-17)22-10-25/h5-10H,2-4H2,1H3,(H,22,25). The molecule has 0 atom stereocenters. The fraction of sp³-hybridized carbons (Fsp3) is 0.200. The molecule has 1 amide bonds. The summed E-state index contributed by atoms with van der Waals surface area (Å²) < 4.78 is 6.86. The predicted octanol–water partition coefficient (Wildman–Crippen LogP) is 2.87. The van der Waals surface area contributed by atoms with Crippen LogP contribution in [-0.2, 0) is 17.6 Å². The Bertz CT molecular complexity index is 1290. The van der Waals surface area contributed by atoms with Gasteiger partial charge in [-0.3, -0.25) is 15.0 Å². The first-order chi connectivity index (χ1) is 13.7. The zero-order valence-electron chi connectivity index (χ0n) is 15.1. The van der Waals surface area contributed by atoms with Crippen LogP contribution in [0.25, 0.3) is 31.6 Å². The largest absolute Gasteiger partial charge is 0.497 e. The molecule has 0 saturated carbocycles. The van der Waals surface area contributed by atoms with E-state index in [2.05, 4.69) is 10.4 Å². The molecule has 7 nitrogen and oxygen atoms in total. The minimum atomic E-state index is -0.305. The lowest BCUT2D eigenvalue weighted by molar-refractivity contribution is -0.106. The van der Waals surface area contributed by atoms with Crippen LogP contribution in [0.1, 0.15) is 17.7 Å². The van der Waals surface area contributed by atoms with Gasteiger partial charge < -0.3 is 4.74 Å². The van der Waals surface area contributed by atoms with E-state index in [4.69, 9.17) is 9.72 Å². The molecule has 1 aromatic carbocycles. The van der Waals surface area contributed by atoms with Crippen molar-refractivity contribution in [1.29, 1.82) is 0 Å². The lowest BCUT2D eigenvalue weighted by Crippen LogP contribution is -2.27. The van der Waals surface area contributed by atoms with Crippen LogP contribution >= 0.6 is 11.3 Å². The van der Waals surface area contributed by atoms with Gasteiger partial charge in [-0.2, -0.15) is 0 Å². The number of carbonyl (C=O) groups excluding carboxylic acids is 1. The number of rotatable bonds is 4. The van der Waals surface area contributed by atoms with Gasteiger partial charge in [0, 0.05) is 11.1 Å². The summed E-state index contributed by atoms with van der Waals surface area (Å²) in [5.74, 6) is 0.793. The molecule has 0 aliphatic heterocycles. The normalized spacial score (nSPS) is 13.0. The van der Waals surface area contributed by atoms with Crippen LogP contribution in [0.3, 0.4) is 0 Å². The van der Waals surface area contributed by atoms with Gasteiger partial charge in [-0.25, -0.2) is 14.6 Å². The number of nitrogens with one attached hydrogen (secondary N) is 1. The minimum absolute atomic E-state index is 0.305. The number of hydrogen-bond donors (Lipinski definition) is 1. The number of benzene rings is 1. The maximum atomic E-state index is 12.7. The van der Waals surface area contributed by atoms with Gasteiger partial charge in [-0.15, -0.1) is 11.3 Å². The Labute approximate surface area is 163 Å². The molecule has 3 aromatic heterocycles. The number of fused-ring (bicyclic) bond motifs is 4. The van der Waals surface area contributed by atoms with Gasteiger partial charge in [0.1, 0.15) is 21.6 Å². The molecule has 3 heterocycles. The third-order valence-corrected chi connectivity index (χ3v) is 6.19. The number of thiophene rings is 1. The van der Waals surface area contributed by atoms with Crippen molar-refractivity contribution in [1.82, 2.24) is 14.6 Å². The van der Waals surface area contributed by atoms with E-state index in [0.717, 1.165) is 56.7 Å². The molecule has 140 valence electrons. The van der Waals surface area contributed by atoms with Crippen LogP contribution in [-0.4, -0.2) is 28.2 Å². The molecule has 28 heavy (non-hydrogen) atoms. The van der Waals surface area contributed by atoms with Crippen molar-refractivity contribution in [2.45, 2.75) is 19.3 Å². The van der Waals surface area contributed by atoms with E-state index < -0.39 is 0 Å². The van der Waals surface area contributed by atoms with Crippen LogP contribution in [0.5, 0.6) is 5.75 Å². The molecule has 0 bridgehead atoms. The topological polar surface area (TPSA) is 86.1 Å². The first kappa shape index (κ1) is 16.9. The highest BCUT2D eigenvalue weighted by Gasteiger charge is 2.25. The molecular formula is C20H16N4O3S. The number of methoxy groups -OCH3 is 1. The van der Waals surface area contributed by atoms with Crippen molar-refractivity contribution in [2.24, 2.45) is 0 Å².